The number of amides is 15. The SMILES string of the molecule is CCCCCCCCCCCNC(=O)NC(Cc1c[nH]c2ccccc12)C(=O)NC(CC(N)=O)C(=O)NC(CC(=O)O)C(=O)NC1C(=O)NCC(=O)NC(CCCN)C(=O)NC(CC(=O)O)C(=O)NC(C)C(=O)NC(CC(=O)O)C(=O)NCC(=O)NC(CO)C(=O)NC(C(C)CC(=O)O)C(=O)NC(CC(=O)c2ccccc2N)C(=O)OC1C. The molecule has 26 N–H and O–H groups in total. The van der Waals surface area contributed by atoms with E-state index in [0.29, 0.717) is 22.9 Å². The number of nitrogen functional groups attached to an aromatic ring is 1. The average molecular weight is 1660 g/mol. The first kappa shape index (κ1) is 97.5. The van der Waals surface area contributed by atoms with Crippen LogP contribution in [0.1, 0.15) is 153 Å². The van der Waals surface area contributed by atoms with Crippen molar-refractivity contribution in [2.75, 3.05) is 38.5 Å². The van der Waals surface area contributed by atoms with Gasteiger partial charge in [-0.3, -0.25) is 86.3 Å². The molecule has 44 nitrogen and oxygen atoms in total. The summed E-state index contributed by atoms with van der Waals surface area (Å²) in [4.78, 5) is 276. The van der Waals surface area contributed by atoms with E-state index in [1.165, 1.54) is 24.3 Å². The van der Waals surface area contributed by atoms with Gasteiger partial charge in [-0.25, -0.2) is 9.59 Å². The van der Waals surface area contributed by atoms with Crippen molar-refractivity contribution in [1.82, 2.24) is 79.4 Å². The Morgan fingerprint density at radius 2 is 1.08 bits per heavy atom. The number of aliphatic carboxylic acids is 4. The number of ether oxygens (including phenoxy) is 1. The molecule has 0 aliphatic carbocycles. The number of para-hydroxylation sites is 2. The topological polar surface area (TPSA) is 714 Å². The number of anilines is 1. The van der Waals surface area contributed by atoms with E-state index >= 15 is 0 Å². The van der Waals surface area contributed by atoms with Crippen LogP contribution in [0.2, 0.25) is 0 Å². The number of rotatable bonds is 37. The normalized spacial score (nSPS) is 20.9. The fraction of sp³-hybridized carbons (Fsp3) is 0.541. The molecular weight excluding hydrogens is 1560 g/mol. The van der Waals surface area contributed by atoms with Crippen LogP contribution >= 0.6 is 0 Å². The van der Waals surface area contributed by atoms with E-state index in [1.54, 1.807) is 30.5 Å². The smallest absolute Gasteiger partial charge is 0.329 e. The van der Waals surface area contributed by atoms with Crippen molar-refractivity contribution in [2.45, 2.75) is 216 Å². The van der Waals surface area contributed by atoms with Gasteiger partial charge in [0.05, 0.1) is 51.8 Å². The Hall–Kier alpha value is -12.9. The first-order chi connectivity index (χ1) is 55.9. The molecule has 0 spiro atoms. The number of unbranched alkanes of at least 4 members (excludes halogenated alkanes) is 8. The fourth-order valence-electron chi connectivity index (χ4n) is 12.1. The van der Waals surface area contributed by atoms with Gasteiger partial charge in [0, 0.05) is 47.7 Å². The maximum atomic E-state index is 14.9. The summed E-state index contributed by atoms with van der Waals surface area (Å²) < 4.78 is 5.69. The lowest BCUT2D eigenvalue weighted by Crippen LogP contribution is -2.62. The fourth-order valence-corrected chi connectivity index (χ4v) is 12.1. The number of primary amides is 1. The van der Waals surface area contributed by atoms with Crippen LogP contribution < -0.4 is 91.6 Å². The number of urea groups is 1. The summed E-state index contributed by atoms with van der Waals surface area (Å²) in [7, 11) is 0. The van der Waals surface area contributed by atoms with Crippen LogP contribution in [0.25, 0.3) is 10.9 Å². The molecule has 118 heavy (non-hydrogen) atoms. The molecule has 13 unspecified atom stereocenters. The largest absolute Gasteiger partial charge is 0.481 e. The molecule has 4 rings (SSSR count). The predicted octanol–water partition coefficient (Wildman–Crippen LogP) is -5.05. The summed E-state index contributed by atoms with van der Waals surface area (Å²) in [5.74, 6) is -29.3. The molecule has 1 fully saturated rings. The van der Waals surface area contributed by atoms with Crippen LogP contribution in [-0.4, -0.2) is 254 Å². The van der Waals surface area contributed by atoms with Gasteiger partial charge in [-0.05, 0) is 69.3 Å². The number of carboxylic acid groups (broad SMARTS) is 4. The van der Waals surface area contributed by atoms with E-state index in [9.17, 15) is 121 Å². The van der Waals surface area contributed by atoms with Crippen molar-refractivity contribution in [2.24, 2.45) is 17.4 Å². The van der Waals surface area contributed by atoms with E-state index in [4.69, 9.17) is 21.9 Å². The maximum Gasteiger partial charge on any atom is 0.329 e. The number of aliphatic hydroxyl groups excluding tert-OH is 1. The number of hydrogen-bond donors (Lipinski definition) is 23. The molecule has 1 aliphatic rings. The summed E-state index contributed by atoms with van der Waals surface area (Å²) in [5, 5.41) is 81.3. The molecular formula is C74H106N18O26. The molecule has 13 atom stereocenters. The number of aliphatic hydroxyl groups is 1. The number of carbonyl (C=O) groups excluding carboxylic acids is 16. The third-order valence-electron chi connectivity index (χ3n) is 18.4. The Kier molecular flexibility index (Phi) is 41.1. The minimum atomic E-state index is -2.46. The molecule has 648 valence electrons. The first-order valence-electron chi connectivity index (χ1n) is 38.1. The van der Waals surface area contributed by atoms with Gasteiger partial charge in [0.1, 0.15) is 72.6 Å². The highest BCUT2D eigenvalue weighted by molar-refractivity contribution is 6.05. The van der Waals surface area contributed by atoms with Gasteiger partial charge in [0.15, 0.2) is 5.78 Å². The van der Waals surface area contributed by atoms with Gasteiger partial charge in [-0.15, -0.1) is 0 Å². The second kappa shape index (κ2) is 49.8. The zero-order valence-electron chi connectivity index (χ0n) is 65.5. The summed E-state index contributed by atoms with van der Waals surface area (Å²) in [6.45, 7) is 1.36. The van der Waals surface area contributed by atoms with Crippen molar-refractivity contribution < 1.29 is 126 Å². The molecule has 3 aromatic rings. The Bertz CT molecular complexity index is 4100. The van der Waals surface area contributed by atoms with Crippen LogP contribution in [0.3, 0.4) is 0 Å². The third-order valence-corrected chi connectivity index (χ3v) is 18.4. The molecule has 1 saturated heterocycles. The number of benzene rings is 2. The number of cyclic esters (lactones) is 1. The lowest BCUT2D eigenvalue weighted by atomic mass is 9.96. The number of nitrogens with two attached hydrogens (primary N) is 3. The number of nitrogens with one attached hydrogen (secondary N) is 15. The molecule has 1 aliphatic heterocycles. The number of carbonyl (C=O) groups is 20. The third kappa shape index (κ3) is 33.9. The van der Waals surface area contributed by atoms with Crippen LogP contribution in [0.5, 0.6) is 0 Å². The van der Waals surface area contributed by atoms with Gasteiger partial charge in [0.25, 0.3) is 0 Å². The quantitative estimate of drug-likeness (QED) is 0.0111. The molecule has 2 heterocycles. The number of H-pyrrole nitrogens is 1. The lowest BCUT2D eigenvalue weighted by Gasteiger charge is -2.30. The van der Waals surface area contributed by atoms with Crippen molar-refractivity contribution in [3.63, 3.8) is 0 Å². The Labute approximate surface area is 675 Å². The van der Waals surface area contributed by atoms with E-state index in [-0.39, 0.29) is 37.2 Å². The van der Waals surface area contributed by atoms with Crippen LogP contribution in [-0.2, 0) is 97.5 Å². The second-order valence-electron chi connectivity index (χ2n) is 28.0. The predicted molar refractivity (Wildman–Crippen MR) is 413 cm³/mol. The molecule has 1 aromatic heterocycles. The first-order valence-corrected chi connectivity index (χ1v) is 38.1. The lowest BCUT2D eigenvalue weighted by molar-refractivity contribution is -0.156. The van der Waals surface area contributed by atoms with Crippen LogP contribution in [0.15, 0.2) is 54.7 Å². The summed E-state index contributed by atoms with van der Waals surface area (Å²) in [5.41, 5.74) is 18.1. The molecule has 0 radical (unpaired) electrons. The van der Waals surface area contributed by atoms with Crippen molar-refractivity contribution in [1.29, 1.82) is 0 Å². The standard InChI is InChI=1S/C74H106N18O26/c1-5-6-7-8-9-10-11-12-17-25-78-74(117)90-46(27-40-33-79-44-22-16-14-19-41(40)44)67(110)86-47(29-54(77)95)68(111)88-50(32-60(104)105)69(112)92-62-39(4)118-73(116)51(28-53(94)42-20-13-15-21-43(42)76)89-72(115)61(37(2)26-57(98)99)91-70(113)52(36-93)84-56(97)34-80-64(107)48(30-58(100)101)85-63(106)38(3)82-66(109)49(31-59(102)103)87-65(108)45(23-18-24-75)83-55(96)35-81-71(62)114/h13-16,19-22,33,37-39,45-52,61-62,79,93H,5-12,17-18,23-32,34-36,75-76H2,1-4H3,(H2,77,95)(H,80,107)(H,81,114)(H,82,109)(H,83,96)(H,84,97)(H,85,106)(H,86,110)(H,87,108)(H,88,111)(H,89,115)(H,91,113)(H,92,112)(H,98,99)(H,100,101)(H,102,103)(H,104,105)(H2,78,90,117). The second-order valence-corrected chi connectivity index (χ2v) is 28.0. The number of carboxylic acids is 4. The highest BCUT2D eigenvalue weighted by atomic mass is 16.5. The number of aromatic amines is 1. The monoisotopic (exact) mass is 1660 g/mol. The van der Waals surface area contributed by atoms with Crippen molar-refractivity contribution in [3.8, 4) is 0 Å². The van der Waals surface area contributed by atoms with Gasteiger partial charge in [-0.2, -0.15) is 0 Å². The number of Topliss-reactive ketones (excluding diaryl/α,β-unsaturated/α-hetero) is 1. The number of esters is 1. The summed E-state index contributed by atoms with van der Waals surface area (Å²) in [6, 6.07) is -11.5. The molecule has 15 amide bonds. The number of hydrogen-bond acceptors (Lipinski definition) is 24. The molecule has 0 saturated carbocycles. The van der Waals surface area contributed by atoms with Gasteiger partial charge >= 0.3 is 35.9 Å². The van der Waals surface area contributed by atoms with E-state index in [2.05, 4.69) is 70.4 Å². The van der Waals surface area contributed by atoms with Gasteiger partial charge < -0.3 is 127 Å². The Morgan fingerprint density at radius 3 is 1.67 bits per heavy atom. The van der Waals surface area contributed by atoms with Crippen LogP contribution in [0.4, 0.5) is 10.5 Å². The minimum Gasteiger partial charge on any atom is -0.481 e. The Balaban J connectivity index is 1.85. The van der Waals surface area contributed by atoms with E-state index < -0.39 is 262 Å². The maximum absolute atomic E-state index is 14.9. The van der Waals surface area contributed by atoms with Crippen LogP contribution in [0, 0.1) is 5.92 Å². The summed E-state index contributed by atoms with van der Waals surface area (Å²) in [6.07, 6.45) is 0.457. The zero-order valence-corrected chi connectivity index (χ0v) is 65.5. The average Bonchev–Trinajstić information content (AvgIpc) is 1.59. The highest BCUT2D eigenvalue weighted by Crippen LogP contribution is 2.21. The number of fused-ring (bicyclic) bond motifs is 1. The number of ketones is 1. The molecule has 0 bridgehead atoms. The van der Waals surface area contributed by atoms with Crippen molar-refractivity contribution >= 4 is 135 Å². The molecule has 44 heteroatoms. The van der Waals surface area contributed by atoms with Gasteiger partial charge in [0.2, 0.25) is 76.8 Å². The number of aromatic nitrogens is 1. The van der Waals surface area contributed by atoms with Gasteiger partial charge in [-0.1, -0.05) is 95.5 Å². The van der Waals surface area contributed by atoms with E-state index in [1.807, 2.05) is 16.0 Å². The minimum absolute atomic E-state index is 0.0957. The summed E-state index contributed by atoms with van der Waals surface area (Å²) >= 11 is 0. The molecule has 2 aromatic carbocycles. The van der Waals surface area contributed by atoms with Crippen molar-refractivity contribution in [3.05, 3.63) is 65.9 Å². The Morgan fingerprint density at radius 1 is 0.542 bits per heavy atom. The van der Waals surface area contributed by atoms with E-state index in [0.717, 1.165) is 72.1 Å². The highest BCUT2D eigenvalue weighted by Gasteiger charge is 2.41. The zero-order chi connectivity index (χ0) is 87.9.